The number of nitrogens with one attached hydrogen (secondary N) is 1. The molecule has 0 aliphatic carbocycles. The van der Waals surface area contributed by atoms with Crippen LogP contribution in [0.1, 0.15) is 29.8 Å². The summed E-state index contributed by atoms with van der Waals surface area (Å²) in [6.45, 7) is 5.76. The first-order chi connectivity index (χ1) is 13.9. The minimum atomic E-state index is -0.246. The Kier molecular flexibility index (Phi) is 6.12. The number of para-hydroxylation sites is 1. The van der Waals surface area contributed by atoms with Gasteiger partial charge in [-0.25, -0.2) is 4.68 Å². The van der Waals surface area contributed by atoms with Gasteiger partial charge in [0.1, 0.15) is 5.69 Å². The highest BCUT2D eigenvalue weighted by atomic mass is 16.2. The second-order valence-electron chi connectivity index (χ2n) is 7.37. The van der Waals surface area contributed by atoms with Crippen molar-refractivity contribution in [1.82, 2.24) is 20.0 Å². The molecule has 0 unspecified atom stereocenters. The van der Waals surface area contributed by atoms with Gasteiger partial charge in [0.2, 0.25) is 5.91 Å². The summed E-state index contributed by atoms with van der Waals surface area (Å²) in [5.74, 6) is -0.437. The van der Waals surface area contributed by atoms with Crippen LogP contribution >= 0.6 is 0 Å². The van der Waals surface area contributed by atoms with Crippen LogP contribution in [0.5, 0.6) is 0 Å². The van der Waals surface area contributed by atoms with Crippen molar-refractivity contribution in [3.05, 3.63) is 71.9 Å². The zero-order valence-corrected chi connectivity index (χ0v) is 17.2. The molecule has 3 rings (SSSR count). The van der Waals surface area contributed by atoms with E-state index in [1.54, 1.807) is 17.9 Å². The van der Waals surface area contributed by atoms with E-state index in [9.17, 15) is 9.59 Å². The molecule has 2 aromatic carbocycles. The highest BCUT2D eigenvalue weighted by Crippen LogP contribution is 2.27. The molecule has 1 aromatic heterocycles. The van der Waals surface area contributed by atoms with Crippen LogP contribution in [-0.4, -0.2) is 46.1 Å². The maximum atomic E-state index is 13.2. The van der Waals surface area contributed by atoms with E-state index >= 15 is 0 Å². The van der Waals surface area contributed by atoms with Gasteiger partial charge in [-0.1, -0.05) is 42.5 Å². The summed E-state index contributed by atoms with van der Waals surface area (Å²) >= 11 is 0. The lowest BCUT2D eigenvalue weighted by Gasteiger charge is -2.18. The van der Waals surface area contributed by atoms with Crippen molar-refractivity contribution in [2.45, 2.75) is 26.8 Å². The molecule has 0 saturated carbocycles. The fourth-order valence-electron chi connectivity index (χ4n) is 3.14. The summed E-state index contributed by atoms with van der Waals surface area (Å²) in [7, 11) is 1.63. The maximum Gasteiger partial charge on any atom is 0.257 e. The van der Waals surface area contributed by atoms with Crippen LogP contribution in [0.25, 0.3) is 16.9 Å². The van der Waals surface area contributed by atoms with Gasteiger partial charge >= 0.3 is 0 Å². The Morgan fingerprint density at radius 2 is 1.72 bits per heavy atom. The zero-order chi connectivity index (χ0) is 21.0. The number of aromatic nitrogens is 2. The van der Waals surface area contributed by atoms with Crippen molar-refractivity contribution in [3.8, 4) is 16.9 Å². The standard InChI is InChI=1S/C23H26N4O2/c1-16(2)24-21(28)15-26(4)23(29)20-14-27(18-11-6-5-7-12-18)25-22(20)19-13-9-8-10-17(19)3/h5-14,16H,15H2,1-4H3,(H,24,28). The minimum absolute atomic E-state index is 0.0132. The Morgan fingerprint density at radius 1 is 1.07 bits per heavy atom. The van der Waals surface area contributed by atoms with Gasteiger partial charge in [-0.2, -0.15) is 5.10 Å². The van der Waals surface area contributed by atoms with E-state index < -0.39 is 0 Å². The fourth-order valence-corrected chi connectivity index (χ4v) is 3.14. The van der Waals surface area contributed by atoms with Crippen LogP contribution in [0.2, 0.25) is 0 Å². The van der Waals surface area contributed by atoms with Gasteiger partial charge in [0.05, 0.1) is 17.8 Å². The second kappa shape index (κ2) is 8.73. The monoisotopic (exact) mass is 390 g/mol. The van der Waals surface area contributed by atoms with E-state index in [1.807, 2.05) is 75.4 Å². The SMILES string of the molecule is Cc1ccccc1-c1nn(-c2ccccc2)cc1C(=O)N(C)CC(=O)NC(C)C. The summed E-state index contributed by atoms with van der Waals surface area (Å²) in [6.07, 6.45) is 1.73. The Bertz CT molecular complexity index is 1010. The number of likely N-dealkylation sites (N-methyl/N-ethyl adjacent to an activating group) is 1. The molecular formula is C23H26N4O2. The smallest absolute Gasteiger partial charge is 0.257 e. The molecule has 29 heavy (non-hydrogen) atoms. The molecule has 0 aliphatic rings. The van der Waals surface area contributed by atoms with Crippen molar-refractivity contribution in [3.63, 3.8) is 0 Å². The molecule has 0 radical (unpaired) electrons. The minimum Gasteiger partial charge on any atom is -0.352 e. The topological polar surface area (TPSA) is 67.2 Å². The number of benzene rings is 2. The fraction of sp³-hybridized carbons (Fsp3) is 0.261. The van der Waals surface area contributed by atoms with E-state index in [4.69, 9.17) is 5.10 Å². The van der Waals surface area contributed by atoms with Gasteiger partial charge in [-0.3, -0.25) is 9.59 Å². The molecular weight excluding hydrogens is 364 g/mol. The highest BCUT2D eigenvalue weighted by Gasteiger charge is 2.23. The molecule has 0 saturated heterocycles. The van der Waals surface area contributed by atoms with Gasteiger partial charge < -0.3 is 10.2 Å². The first-order valence-electron chi connectivity index (χ1n) is 9.62. The molecule has 1 N–H and O–H groups in total. The molecule has 0 fully saturated rings. The zero-order valence-electron chi connectivity index (χ0n) is 17.2. The van der Waals surface area contributed by atoms with Gasteiger partial charge in [0.25, 0.3) is 5.91 Å². The van der Waals surface area contributed by atoms with E-state index in [0.717, 1.165) is 16.8 Å². The third-order valence-electron chi connectivity index (χ3n) is 4.54. The Morgan fingerprint density at radius 3 is 2.38 bits per heavy atom. The third-order valence-corrected chi connectivity index (χ3v) is 4.54. The average Bonchev–Trinajstić information content (AvgIpc) is 3.12. The molecule has 150 valence electrons. The maximum absolute atomic E-state index is 13.2. The lowest BCUT2D eigenvalue weighted by atomic mass is 10.0. The second-order valence-corrected chi connectivity index (χ2v) is 7.37. The van der Waals surface area contributed by atoms with Crippen LogP contribution in [0.15, 0.2) is 60.8 Å². The van der Waals surface area contributed by atoms with Crippen LogP contribution in [-0.2, 0) is 4.79 Å². The Labute approximate surface area is 171 Å². The van der Waals surface area contributed by atoms with Gasteiger partial charge in [0.15, 0.2) is 0 Å². The Hall–Kier alpha value is -3.41. The van der Waals surface area contributed by atoms with E-state index in [2.05, 4.69) is 5.32 Å². The number of nitrogens with zero attached hydrogens (tertiary/aromatic N) is 3. The van der Waals surface area contributed by atoms with Crippen molar-refractivity contribution in [1.29, 1.82) is 0 Å². The lowest BCUT2D eigenvalue weighted by Crippen LogP contribution is -2.40. The van der Waals surface area contributed by atoms with Crippen LogP contribution in [0.4, 0.5) is 0 Å². The molecule has 3 aromatic rings. The van der Waals surface area contributed by atoms with Crippen molar-refractivity contribution >= 4 is 11.8 Å². The van der Waals surface area contributed by atoms with Crippen molar-refractivity contribution in [2.24, 2.45) is 0 Å². The van der Waals surface area contributed by atoms with Crippen molar-refractivity contribution in [2.75, 3.05) is 13.6 Å². The molecule has 6 nitrogen and oxygen atoms in total. The van der Waals surface area contributed by atoms with Crippen LogP contribution in [0.3, 0.4) is 0 Å². The molecule has 6 heteroatoms. The molecule has 0 aliphatic heterocycles. The number of carbonyl (C=O) groups is 2. The van der Waals surface area contributed by atoms with E-state index in [1.165, 1.54) is 4.90 Å². The summed E-state index contributed by atoms with van der Waals surface area (Å²) < 4.78 is 1.71. The molecule has 0 bridgehead atoms. The predicted molar refractivity (Wildman–Crippen MR) is 114 cm³/mol. The third kappa shape index (κ3) is 4.71. The number of rotatable bonds is 6. The summed E-state index contributed by atoms with van der Waals surface area (Å²) in [6, 6.07) is 17.5. The van der Waals surface area contributed by atoms with Gasteiger partial charge in [-0.05, 0) is 38.5 Å². The number of aryl methyl sites for hydroxylation is 1. The summed E-state index contributed by atoms with van der Waals surface area (Å²) in [4.78, 5) is 26.7. The predicted octanol–water partition coefficient (Wildman–Crippen LogP) is 3.44. The van der Waals surface area contributed by atoms with E-state index in [0.29, 0.717) is 11.3 Å². The molecule has 0 spiro atoms. The number of amides is 2. The number of hydrogen-bond donors (Lipinski definition) is 1. The van der Waals surface area contributed by atoms with Gasteiger partial charge in [-0.15, -0.1) is 0 Å². The number of hydrogen-bond acceptors (Lipinski definition) is 3. The van der Waals surface area contributed by atoms with Crippen LogP contribution in [0, 0.1) is 6.92 Å². The molecule has 2 amide bonds. The van der Waals surface area contributed by atoms with Crippen LogP contribution < -0.4 is 5.32 Å². The van der Waals surface area contributed by atoms with E-state index in [-0.39, 0.29) is 24.4 Å². The summed E-state index contributed by atoms with van der Waals surface area (Å²) in [5.41, 5.74) is 3.85. The quantitative estimate of drug-likeness (QED) is 0.701. The first kappa shape index (κ1) is 20.3. The normalized spacial score (nSPS) is 10.8. The first-order valence-corrected chi connectivity index (χ1v) is 9.62. The molecule has 0 atom stereocenters. The van der Waals surface area contributed by atoms with Crippen molar-refractivity contribution < 1.29 is 9.59 Å². The molecule has 1 heterocycles. The average molecular weight is 390 g/mol. The lowest BCUT2D eigenvalue weighted by molar-refractivity contribution is -0.122. The Balaban J connectivity index is 2.00. The highest BCUT2D eigenvalue weighted by molar-refractivity contribution is 6.01. The largest absolute Gasteiger partial charge is 0.352 e. The number of carbonyl (C=O) groups excluding carboxylic acids is 2. The van der Waals surface area contributed by atoms with Gasteiger partial charge in [0, 0.05) is 24.8 Å². The summed E-state index contributed by atoms with van der Waals surface area (Å²) in [5, 5.41) is 7.52.